The fourth-order valence-electron chi connectivity index (χ4n) is 6.85. The highest BCUT2D eigenvalue weighted by atomic mass is 16.6. The van der Waals surface area contributed by atoms with Gasteiger partial charge in [0.15, 0.2) is 0 Å². The fourth-order valence-corrected chi connectivity index (χ4v) is 6.85. The highest BCUT2D eigenvalue weighted by molar-refractivity contribution is 5.98. The van der Waals surface area contributed by atoms with Crippen LogP contribution >= 0.6 is 0 Å². The number of carboxylic acid groups (broad SMARTS) is 1. The minimum Gasteiger partial charge on any atom is -0.478 e. The Hall–Kier alpha value is -5.93. The molecule has 2 aromatic rings. The second-order valence-corrected chi connectivity index (χ2v) is 19.5. The SMILES string of the molecule is C/C(=C\[C@H](C(C)C)N(C)C(=O)[C@@H](NC(=O)CC(C)(CN(C)C(=O)OCc1ccc(NC(=O)[C@H](C)NC(=O)[C@@H](NC(=O)OC(C)(C)C)C(C)C)cc1)c1ccccc1)C(C)(C)C)C(=O)O. The van der Waals surface area contributed by atoms with Crippen LogP contribution in [0.15, 0.2) is 66.2 Å². The van der Waals surface area contributed by atoms with Crippen LogP contribution in [0.5, 0.6) is 0 Å². The van der Waals surface area contributed by atoms with E-state index in [1.54, 1.807) is 79.1 Å². The first kappa shape index (κ1) is 54.2. The van der Waals surface area contributed by atoms with Crippen molar-refractivity contribution in [1.29, 1.82) is 0 Å². The van der Waals surface area contributed by atoms with Crippen LogP contribution in [0.4, 0.5) is 15.3 Å². The summed E-state index contributed by atoms with van der Waals surface area (Å²) in [7, 11) is 3.18. The van der Waals surface area contributed by atoms with Crippen molar-refractivity contribution in [1.82, 2.24) is 25.8 Å². The van der Waals surface area contributed by atoms with Gasteiger partial charge in [0.1, 0.15) is 30.3 Å². The number of nitrogens with one attached hydrogen (secondary N) is 4. The average molecular weight is 893 g/mol. The molecule has 0 saturated carbocycles. The van der Waals surface area contributed by atoms with E-state index >= 15 is 0 Å². The summed E-state index contributed by atoms with van der Waals surface area (Å²) < 4.78 is 10.9. The zero-order chi connectivity index (χ0) is 48.9. The van der Waals surface area contributed by atoms with Crippen molar-refractivity contribution in [3.05, 3.63) is 77.4 Å². The van der Waals surface area contributed by atoms with Gasteiger partial charge in [0.25, 0.3) is 0 Å². The quantitative estimate of drug-likeness (QED) is 0.0949. The summed E-state index contributed by atoms with van der Waals surface area (Å²) in [4.78, 5) is 94.2. The van der Waals surface area contributed by atoms with Crippen molar-refractivity contribution in [2.45, 2.75) is 138 Å². The van der Waals surface area contributed by atoms with Crippen molar-refractivity contribution in [2.24, 2.45) is 17.3 Å². The Kier molecular flexibility index (Phi) is 19.6. The number of ether oxygens (including phenoxy) is 2. The van der Waals surface area contributed by atoms with Gasteiger partial charge in [0.2, 0.25) is 23.6 Å². The summed E-state index contributed by atoms with van der Waals surface area (Å²) in [5, 5.41) is 20.4. The van der Waals surface area contributed by atoms with Crippen LogP contribution in [0, 0.1) is 17.3 Å². The zero-order valence-electron chi connectivity index (χ0n) is 40.4. The monoisotopic (exact) mass is 893 g/mol. The van der Waals surface area contributed by atoms with Gasteiger partial charge in [-0.2, -0.15) is 0 Å². The van der Waals surface area contributed by atoms with Crippen LogP contribution in [0.2, 0.25) is 0 Å². The smallest absolute Gasteiger partial charge is 0.409 e. The summed E-state index contributed by atoms with van der Waals surface area (Å²) in [6, 6.07) is 12.6. The van der Waals surface area contributed by atoms with E-state index in [0.717, 1.165) is 5.56 Å². The number of amides is 6. The number of benzene rings is 2. The molecule has 5 N–H and O–H groups in total. The van der Waals surface area contributed by atoms with E-state index < -0.39 is 76.5 Å². The zero-order valence-corrected chi connectivity index (χ0v) is 40.4. The van der Waals surface area contributed by atoms with Crippen molar-refractivity contribution in [3.8, 4) is 0 Å². The minimum atomic E-state index is -1.08. The lowest BCUT2D eigenvalue weighted by atomic mass is 9.78. The number of carboxylic acids is 1. The Morgan fingerprint density at radius 3 is 1.84 bits per heavy atom. The topological polar surface area (TPSA) is 213 Å². The number of aliphatic carboxylic acids is 1. The lowest BCUT2D eigenvalue weighted by Crippen LogP contribution is -2.57. The van der Waals surface area contributed by atoms with Gasteiger partial charge < -0.3 is 45.6 Å². The van der Waals surface area contributed by atoms with Crippen molar-refractivity contribution >= 4 is 47.5 Å². The van der Waals surface area contributed by atoms with Crippen molar-refractivity contribution in [3.63, 3.8) is 0 Å². The molecular weight excluding hydrogens is 821 g/mol. The van der Waals surface area contributed by atoms with Gasteiger partial charge in [0.05, 0.1) is 6.04 Å². The lowest BCUT2D eigenvalue weighted by Gasteiger charge is -2.38. The van der Waals surface area contributed by atoms with E-state index in [9.17, 15) is 38.7 Å². The number of hydrogen-bond acceptors (Lipinski definition) is 9. The van der Waals surface area contributed by atoms with Gasteiger partial charge in [-0.3, -0.25) is 19.2 Å². The van der Waals surface area contributed by atoms with Gasteiger partial charge in [-0.1, -0.05) is 104 Å². The molecule has 0 aliphatic rings. The second-order valence-electron chi connectivity index (χ2n) is 19.5. The molecule has 1 unspecified atom stereocenters. The van der Waals surface area contributed by atoms with Crippen molar-refractivity contribution < 1.29 is 48.1 Å². The van der Waals surface area contributed by atoms with Crippen LogP contribution in [-0.2, 0) is 45.5 Å². The largest absolute Gasteiger partial charge is 0.478 e. The molecule has 0 aromatic heterocycles. The third-order valence-electron chi connectivity index (χ3n) is 10.5. The number of carbonyl (C=O) groups is 7. The molecule has 0 aliphatic carbocycles. The normalized spacial score (nSPS) is 14.8. The maximum atomic E-state index is 14.1. The molecular formula is C48H72N6O10. The molecule has 0 heterocycles. The van der Waals surface area contributed by atoms with E-state index in [0.29, 0.717) is 11.3 Å². The molecule has 0 saturated heterocycles. The van der Waals surface area contributed by atoms with Crippen molar-refractivity contribution in [2.75, 3.05) is 26.0 Å². The Morgan fingerprint density at radius 2 is 1.34 bits per heavy atom. The lowest BCUT2D eigenvalue weighted by molar-refractivity contribution is -0.140. The first-order valence-electron chi connectivity index (χ1n) is 21.6. The van der Waals surface area contributed by atoms with Gasteiger partial charge in [-0.25, -0.2) is 14.4 Å². The van der Waals surface area contributed by atoms with E-state index in [1.807, 2.05) is 71.9 Å². The molecule has 6 amide bonds. The molecule has 64 heavy (non-hydrogen) atoms. The highest BCUT2D eigenvalue weighted by Gasteiger charge is 2.40. The van der Waals surface area contributed by atoms with E-state index in [-0.39, 0.29) is 42.9 Å². The number of hydrogen-bond donors (Lipinski definition) is 5. The summed E-state index contributed by atoms with van der Waals surface area (Å²) in [6.07, 6.45) is 0.0860. The Balaban J connectivity index is 2.13. The maximum absolute atomic E-state index is 14.1. The third kappa shape index (κ3) is 17.0. The van der Waals surface area contributed by atoms with E-state index in [1.165, 1.54) is 23.6 Å². The summed E-state index contributed by atoms with van der Waals surface area (Å²) in [5.41, 5.74) is -0.402. The Labute approximate surface area is 379 Å². The second kappa shape index (κ2) is 23.1. The predicted molar refractivity (Wildman–Crippen MR) is 246 cm³/mol. The molecule has 0 fully saturated rings. The molecule has 16 nitrogen and oxygen atoms in total. The number of alkyl carbamates (subject to hydrolysis) is 1. The van der Waals surface area contributed by atoms with Gasteiger partial charge in [-0.15, -0.1) is 0 Å². The number of carbonyl (C=O) groups excluding carboxylic acids is 6. The Bertz CT molecular complexity index is 1970. The summed E-state index contributed by atoms with van der Waals surface area (Å²) >= 11 is 0. The first-order chi connectivity index (χ1) is 29.4. The van der Waals surface area contributed by atoms with Crippen LogP contribution in [0.1, 0.15) is 108 Å². The number of anilines is 1. The standard InChI is InChI=1S/C48H72N6O10/c1-29(2)36(25-31(5)43(59)60)54(15)42(58)39(46(7,8)9)51-37(55)26-48(13,34-19-17-16-18-20-34)28-53(14)45(62)63-27-33-21-23-35(24-22-33)50-40(56)32(6)49-41(57)38(30(3)4)52-44(61)64-47(10,11)12/h16-25,29-30,32,36,38-39H,26-28H2,1-15H3,(H,49,57)(H,50,56)(H,51,55)(H,52,61)(H,59,60)/b31-25+/t32-,36+,38-,39+,48?/m0/s1. The molecule has 0 aliphatic heterocycles. The molecule has 16 heteroatoms. The van der Waals surface area contributed by atoms with E-state index in [2.05, 4.69) is 21.3 Å². The third-order valence-corrected chi connectivity index (χ3v) is 10.5. The summed E-state index contributed by atoms with van der Waals surface area (Å²) in [6.45, 7) is 22.8. The maximum Gasteiger partial charge on any atom is 0.409 e. The molecule has 2 aromatic carbocycles. The minimum absolute atomic E-state index is 0.0827. The average Bonchev–Trinajstić information content (AvgIpc) is 3.18. The molecule has 0 radical (unpaired) electrons. The first-order valence-corrected chi connectivity index (χ1v) is 21.6. The molecule has 5 atom stereocenters. The fraction of sp³-hybridized carbons (Fsp3) is 0.562. The molecule has 0 spiro atoms. The number of rotatable bonds is 19. The van der Waals surface area contributed by atoms with Crippen LogP contribution in [0.3, 0.4) is 0 Å². The molecule has 0 bridgehead atoms. The molecule has 2 rings (SSSR count). The van der Waals surface area contributed by atoms with Crippen LogP contribution in [-0.4, -0.2) is 107 Å². The van der Waals surface area contributed by atoms with Gasteiger partial charge >= 0.3 is 18.2 Å². The van der Waals surface area contributed by atoms with Gasteiger partial charge in [0, 0.05) is 43.7 Å². The summed E-state index contributed by atoms with van der Waals surface area (Å²) in [5.74, 6) is -3.28. The highest BCUT2D eigenvalue weighted by Crippen LogP contribution is 2.31. The van der Waals surface area contributed by atoms with E-state index in [4.69, 9.17) is 9.47 Å². The molecule has 354 valence electrons. The number of nitrogens with zero attached hydrogens (tertiary/aromatic N) is 2. The van der Waals surface area contributed by atoms with Crippen LogP contribution in [0.25, 0.3) is 0 Å². The number of likely N-dealkylation sites (N-methyl/N-ethyl adjacent to an activating group) is 2. The van der Waals surface area contributed by atoms with Gasteiger partial charge in [-0.05, 0) is 75.1 Å². The Morgan fingerprint density at radius 1 is 0.766 bits per heavy atom. The predicted octanol–water partition coefficient (Wildman–Crippen LogP) is 6.64. The van der Waals surface area contributed by atoms with Crippen LogP contribution < -0.4 is 21.3 Å².